The Labute approximate surface area is 176 Å². The Morgan fingerprint density at radius 1 is 1.03 bits per heavy atom. The molecule has 0 atom stereocenters. The van der Waals surface area contributed by atoms with Crippen LogP contribution in [0.3, 0.4) is 0 Å². The molecule has 0 aromatic heterocycles. The van der Waals surface area contributed by atoms with E-state index in [0.717, 1.165) is 44.1 Å². The molecular formula is C22H25N3O4S. The van der Waals surface area contributed by atoms with Gasteiger partial charge in [-0.1, -0.05) is 37.5 Å². The van der Waals surface area contributed by atoms with Gasteiger partial charge in [0.05, 0.1) is 10.6 Å². The number of hydrogen-bond acceptors (Lipinski definition) is 5. The van der Waals surface area contributed by atoms with Crippen molar-refractivity contribution in [1.29, 1.82) is 0 Å². The van der Waals surface area contributed by atoms with Gasteiger partial charge in [0.25, 0.3) is 5.91 Å². The zero-order valence-electron chi connectivity index (χ0n) is 16.6. The Morgan fingerprint density at radius 2 is 1.80 bits per heavy atom. The molecule has 2 aromatic carbocycles. The molecule has 1 saturated carbocycles. The third kappa shape index (κ3) is 4.39. The summed E-state index contributed by atoms with van der Waals surface area (Å²) in [6.07, 6.45) is 6.23. The summed E-state index contributed by atoms with van der Waals surface area (Å²) in [6.45, 7) is 0. The van der Waals surface area contributed by atoms with Gasteiger partial charge < -0.3 is 5.11 Å². The smallest absolute Gasteiger partial charge is 0.271 e. The van der Waals surface area contributed by atoms with Gasteiger partial charge in [0, 0.05) is 17.2 Å². The fraction of sp³-hybridized carbons (Fsp3) is 0.364. The van der Waals surface area contributed by atoms with Gasteiger partial charge in [0.1, 0.15) is 5.75 Å². The summed E-state index contributed by atoms with van der Waals surface area (Å²) in [5.74, 6) is -0.360. The van der Waals surface area contributed by atoms with Crippen molar-refractivity contribution in [3.05, 3.63) is 59.2 Å². The second-order valence-corrected chi connectivity index (χ2v) is 9.51. The molecule has 0 aliphatic heterocycles. The van der Waals surface area contributed by atoms with Crippen LogP contribution < -0.4 is 10.1 Å². The molecule has 2 aromatic rings. The number of phenols is 1. The van der Waals surface area contributed by atoms with Gasteiger partial charge in [0.2, 0.25) is 10.0 Å². The number of carbonyl (C=O) groups excluding carboxylic acids is 1. The van der Waals surface area contributed by atoms with Crippen LogP contribution in [0.2, 0.25) is 0 Å². The minimum absolute atomic E-state index is 0.0530. The van der Waals surface area contributed by atoms with Crippen LogP contribution >= 0.6 is 0 Å². The molecule has 7 nitrogen and oxygen atoms in total. The standard InChI is InChI=1S/C22H25N3O4S/c26-20-11-5-6-15-12-13-19(21(15)20)23-24-22(27)16-7-4-10-18(14-16)30(28,29)25-17-8-2-1-3-9-17/h4-7,10-11,14,17,25-26H,1-3,8-9,12-13H2,(H,24,27)/b23-19+. The Bertz CT molecular complexity index is 1090. The highest BCUT2D eigenvalue weighted by Crippen LogP contribution is 2.30. The number of carbonyl (C=O) groups is 1. The van der Waals surface area contributed by atoms with Gasteiger partial charge in [-0.3, -0.25) is 4.79 Å². The number of aromatic hydroxyl groups is 1. The molecule has 1 amide bonds. The van der Waals surface area contributed by atoms with Crippen LogP contribution in [0.4, 0.5) is 0 Å². The summed E-state index contributed by atoms with van der Waals surface area (Å²) in [4.78, 5) is 12.6. The van der Waals surface area contributed by atoms with Crippen molar-refractivity contribution in [1.82, 2.24) is 10.1 Å². The average Bonchev–Trinajstić information content (AvgIpc) is 3.17. The Morgan fingerprint density at radius 3 is 2.60 bits per heavy atom. The molecular weight excluding hydrogens is 402 g/mol. The van der Waals surface area contributed by atoms with E-state index >= 15 is 0 Å². The van der Waals surface area contributed by atoms with Crippen LogP contribution in [0.15, 0.2) is 52.5 Å². The minimum atomic E-state index is -3.69. The van der Waals surface area contributed by atoms with Crippen molar-refractivity contribution in [2.75, 3.05) is 0 Å². The number of sulfonamides is 1. The van der Waals surface area contributed by atoms with Crippen LogP contribution in [0, 0.1) is 0 Å². The second kappa shape index (κ2) is 8.57. The maximum Gasteiger partial charge on any atom is 0.271 e. The number of rotatable bonds is 5. The third-order valence-corrected chi connectivity index (χ3v) is 7.19. The number of nitrogens with zero attached hydrogens (tertiary/aromatic N) is 1. The lowest BCUT2D eigenvalue weighted by molar-refractivity contribution is 0.0954. The van der Waals surface area contributed by atoms with E-state index < -0.39 is 15.9 Å². The van der Waals surface area contributed by atoms with Crippen LogP contribution in [-0.4, -0.2) is 31.2 Å². The molecule has 0 bridgehead atoms. The van der Waals surface area contributed by atoms with Crippen LogP contribution in [-0.2, 0) is 16.4 Å². The lowest BCUT2D eigenvalue weighted by atomic mass is 9.96. The van der Waals surface area contributed by atoms with Crippen molar-refractivity contribution in [3.8, 4) is 5.75 Å². The SMILES string of the molecule is O=C(N/N=C1\CCc2cccc(O)c21)c1cccc(S(=O)(=O)NC2CCCCC2)c1. The minimum Gasteiger partial charge on any atom is -0.507 e. The fourth-order valence-corrected chi connectivity index (χ4v) is 5.46. The Kier molecular flexibility index (Phi) is 5.87. The van der Waals surface area contributed by atoms with E-state index in [1.165, 1.54) is 12.1 Å². The van der Waals surface area contributed by atoms with Crippen molar-refractivity contribution in [3.63, 3.8) is 0 Å². The van der Waals surface area contributed by atoms with Gasteiger partial charge in [0.15, 0.2) is 0 Å². The van der Waals surface area contributed by atoms with Gasteiger partial charge in [-0.25, -0.2) is 18.6 Å². The summed E-state index contributed by atoms with van der Waals surface area (Å²) < 4.78 is 28.2. The van der Waals surface area contributed by atoms with E-state index in [2.05, 4.69) is 15.2 Å². The Hall–Kier alpha value is -2.71. The summed E-state index contributed by atoms with van der Waals surface area (Å²) >= 11 is 0. The lowest BCUT2D eigenvalue weighted by Crippen LogP contribution is -2.36. The number of benzene rings is 2. The molecule has 0 radical (unpaired) electrons. The summed E-state index contributed by atoms with van der Waals surface area (Å²) in [5.41, 5.74) is 4.96. The zero-order chi connectivity index (χ0) is 21.1. The van der Waals surface area contributed by atoms with E-state index in [1.54, 1.807) is 24.3 Å². The molecule has 0 unspecified atom stereocenters. The highest BCUT2D eigenvalue weighted by atomic mass is 32.2. The monoisotopic (exact) mass is 427 g/mol. The van der Waals surface area contributed by atoms with Crippen LogP contribution in [0.1, 0.15) is 60.0 Å². The van der Waals surface area contributed by atoms with E-state index in [0.29, 0.717) is 17.7 Å². The molecule has 158 valence electrons. The highest BCUT2D eigenvalue weighted by Gasteiger charge is 2.23. The molecule has 1 fully saturated rings. The predicted octanol–water partition coefficient (Wildman–Crippen LogP) is 3.08. The number of fused-ring (bicyclic) bond motifs is 1. The van der Waals surface area contributed by atoms with Crippen LogP contribution in [0.5, 0.6) is 5.75 Å². The van der Waals surface area contributed by atoms with Crippen LogP contribution in [0.25, 0.3) is 0 Å². The van der Waals surface area contributed by atoms with Crippen molar-refractivity contribution >= 4 is 21.6 Å². The largest absolute Gasteiger partial charge is 0.507 e. The predicted molar refractivity (Wildman–Crippen MR) is 114 cm³/mol. The molecule has 3 N–H and O–H groups in total. The molecule has 2 aliphatic carbocycles. The maximum atomic E-state index is 12.7. The third-order valence-electron chi connectivity index (χ3n) is 5.67. The van der Waals surface area contributed by atoms with Crippen molar-refractivity contribution < 1.29 is 18.3 Å². The zero-order valence-corrected chi connectivity index (χ0v) is 17.4. The van der Waals surface area contributed by atoms with Gasteiger partial charge in [-0.05, 0) is 55.5 Å². The molecule has 0 heterocycles. The molecule has 30 heavy (non-hydrogen) atoms. The lowest BCUT2D eigenvalue weighted by Gasteiger charge is -2.22. The van der Waals surface area contributed by atoms with E-state index in [9.17, 15) is 18.3 Å². The summed E-state index contributed by atoms with van der Waals surface area (Å²) in [5, 5.41) is 14.3. The number of hydrazone groups is 1. The number of hydrogen-bond donors (Lipinski definition) is 3. The first-order chi connectivity index (χ1) is 14.4. The van der Waals surface area contributed by atoms with Crippen molar-refractivity contribution in [2.45, 2.75) is 55.9 Å². The van der Waals surface area contributed by atoms with E-state index in [4.69, 9.17) is 0 Å². The molecule has 2 aliphatic rings. The molecule has 0 saturated heterocycles. The highest BCUT2D eigenvalue weighted by molar-refractivity contribution is 7.89. The van der Waals surface area contributed by atoms with Gasteiger partial charge >= 0.3 is 0 Å². The maximum absolute atomic E-state index is 12.7. The molecule has 8 heteroatoms. The topological polar surface area (TPSA) is 108 Å². The average molecular weight is 428 g/mol. The van der Waals surface area contributed by atoms with Gasteiger partial charge in [-0.2, -0.15) is 5.10 Å². The summed E-state index contributed by atoms with van der Waals surface area (Å²) in [6, 6.07) is 11.2. The Balaban J connectivity index is 1.48. The van der Waals surface area contributed by atoms with Gasteiger partial charge in [-0.15, -0.1) is 0 Å². The number of aryl methyl sites for hydroxylation is 1. The first-order valence-corrected chi connectivity index (χ1v) is 11.7. The first kappa shape index (κ1) is 20.6. The molecule has 4 rings (SSSR count). The number of phenolic OH excluding ortho intramolecular Hbond substituents is 1. The van der Waals surface area contributed by atoms with Crippen molar-refractivity contribution in [2.24, 2.45) is 5.10 Å². The number of amides is 1. The fourth-order valence-electron chi connectivity index (χ4n) is 4.11. The molecule has 0 spiro atoms. The number of nitrogens with one attached hydrogen (secondary N) is 2. The van der Waals surface area contributed by atoms with E-state index in [1.807, 2.05) is 6.07 Å². The second-order valence-electron chi connectivity index (χ2n) is 7.79. The quantitative estimate of drug-likeness (QED) is 0.637. The summed E-state index contributed by atoms with van der Waals surface area (Å²) in [7, 11) is -3.69. The normalized spacial score (nSPS) is 18.3. The first-order valence-electron chi connectivity index (χ1n) is 10.2. The van der Waals surface area contributed by atoms with E-state index in [-0.39, 0.29) is 22.3 Å².